The van der Waals surface area contributed by atoms with Crippen molar-refractivity contribution in [1.82, 2.24) is 5.32 Å². The van der Waals surface area contributed by atoms with Gasteiger partial charge in [-0.3, -0.25) is 0 Å². The van der Waals surface area contributed by atoms with Gasteiger partial charge in [-0.05, 0) is 78.5 Å². The number of ether oxygens (including phenoxy) is 1. The Labute approximate surface area is 126 Å². The summed E-state index contributed by atoms with van der Waals surface area (Å²) in [7, 11) is 1.85. The molecule has 2 aromatic carbocycles. The van der Waals surface area contributed by atoms with Crippen LogP contribution in [0.4, 0.5) is 4.39 Å². The second-order valence-corrected chi connectivity index (χ2v) is 5.50. The van der Waals surface area contributed by atoms with Crippen molar-refractivity contribution in [2.75, 3.05) is 7.05 Å². The third-order valence-corrected chi connectivity index (χ3v) is 3.65. The molecule has 0 fully saturated rings. The lowest BCUT2D eigenvalue weighted by Gasteiger charge is -2.12. The predicted molar refractivity (Wildman–Crippen MR) is 83.1 cm³/mol. The molecule has 2 rings (SSSR count). The molecule has 4 heteroatoms. The minimum Gasteiger partial charge on any atom is -0.454 e. The highest BCUT2D eigenvalue weighted by Crippen LogP contribution is 2.27. The zero-order valence-corrected chi connectivity index (χ0v) is 12.9. The first-order chi connectivity index (χ1) is 9.10. The molecule has 0 heterocycles. The van der Waals surface area contributed by atoms with E-state index in [9.17, 15) is 4.39 Å². The zero-order chi connectivity index (χ0) is 13.8. The average molecular weight is 371 g/mol. The summed E-state index contributed by atoms with van der Waals surface area (Å²) in [5.41, 5.74) is 0.898. The Hall–Kier alpha value is -1.14. The van der Waals surface area contributed by atoms with Gasteiger partial charge < -0.3 is 10.1 Å². The van der Waals surface area contributed by atoms with Crippen LogP contribution in [0, 0.1) is 9.39 Å². The molecule has 0 spiro atoms. The van der Waals surface area contributed by atoms with Crippen molar-refractivity contribution in [3.05, 3.63) is 57.4 Å². The van der Waals surface area contributed by atoms with E-state index in [0.717, 1.165) is 9.13 Å². The maximum atomic E-state index is 14.0. The van der Waals surface area contributed by atoms with Gasteiger partial charge in [-0.25, -0.2) is 4.39 Å². The van der Waals surface area contributed by atoms with E-state index in [4.69, 9.17) is 4.74 Å². The summed E-state index contributed by atoms with van der Waals surface area (Å²) < 4.78 is 20.6. The highest BCUT2D eigenvalue weighted by atomic mass is 127. The normalized spacial score (nSPS) is 12.2. The summed E-state index contributed by atoms with van der Waals surface area (Å²) in [6, 6.07) is 12.6. The standard InChI is InChI=1S/C15H15FINO/c1-10(18-2)11-3-8-15(14(16)9-11)19-13-6-4-12(17)5-7-13/h3-10,18H,1-2H3. The Morgan fingerprint density at radius 1 is 1.16 bits per heavy atom. The molecule has 2 aromatic rings. The van der Waals surface area contributed by atoms with Crippen LogP contribution in [0.1, 0.15) is 18.5 Å². The third kappa shape index (κ3) is 3.67. The topological polar surface area (TPSA) is 21.3 Å². The Morgan fingerprint density at radius 2 is 1.84 bits per heavy atom. The van der Waals surface area contributed by atoms with Gasteiger partial charge in [0.05, 0.1) is 0 Å². The van der Waals surface area contributed by atoms with Gasteiger partial charge in [0.2, 0.25) is 0 Å². The van der Waals surface area contributed by atoms with E-state index in [1.807, 2.05) is 44.3 Å². The van der Waals surface area contributed by atoms with Crippen LogP contribution >= 0.6 is 22.6 Å². The SMILES string of the molecule is CNC(C)c1ccc(Oc2ccc(I)cc2)c(F)c1. The zero-order valence-electron chi connectivity index (χ0n) is 10.8. The quantitative estimate of drug-likeness (QED) is 0.799. The lowest BCUT2D eigenvalue weighted by molar-refractivity contribution is 0.440. The summed E-state index contributed by atoms with van der Waals surface area (Å²) in [6.45, 7) is 1.98. The Balaban J connectivity index is 2.19. The molecule has 19 heavy (non-hydrogen) atoms. The van der Waals surface area contributed by atoms with Crippen LogP contribution in [0.5, 0.6) is 11.5 Å². The molecule has 0 aliphatic heterocycles. The summed E-state index contributed by atoms with van der Waals surface area (Å²) in [4.78, 5) is 0. The van der Waals surface area contributed by atoms with Gasteiger partial charge in [-0.1, -0.05) is 6.07 Å². The molecule has 0 amide bonds. The van der Waals surface area contributed by atoms with Gasteiger partial charge in [0.15, 0.2) is 11.6 Å². The van der Waals surface area contributed by atoms with Crippen LogP contribution in [0.2, 0.25) is 0 Å². The summed E-state index contributed by atoms with van der Waals surface area (Å²) in [5, 5.41) is 3.08. The smallest absolute Gasteiger partial charge is 0.166 e. The molecular formula is C15H15FINO. The van der Waals surface area contributed by atoms with Crippen LogP contribution in [0.15, 0.2) is 42.5 Å². The van der Waals surface area contributed by atoms with Crippen molar-refractivity contribution < 1.29 is 9.13 Å². The molecule has 0 saturated heterocycles. The molecule has 0 radical (unpaired) electrons. The predicted octanol–water partition coefficient (Wildman–Crippen LogP) is 4.50. The van der Waals surface area contributed by atoms with Crippen LogP contribution in [-0.4, -0.2) is 7.05 Å². The van der Waals surface area contributed by atoms with E-state index in [-0.39, 0.29) is 17.6 Å². The minimum atomic E-state index is -0.349. The first-order valence-corrected chi connectivity index (χ1v) is 7.08. The first-order valence-electron chi connectivity index (χ1n) is 6.00. The van der Waals surface area contributed by atoms with Crippen molar-refractivity contribution in [2.24, 2.45) is 0 Å². The highest BCUT2D eigenvalue weighted by Gasteiger charge is 2.09. The molecule has 0 aliphatic carbocycles. The van der Waals surface area contributed by atoms with Crippen LogP contribution < -0.4 is 10.1 Å². The van der Waals surface area contributed by atoms with Crippen molar-refractivity contribution >= 4 is 22.6 Å². The van der Waals surface area contributed by atoms with Gasteiger partial charge in [-0.15, -0.1) is 0 Å². The van der Waals surface area contributed by atoms with E-state index in [0.29, 0.717) is 5.75 Å². The molecule has 0 saturated carbocycles. The maximum absolute atomic E-state index is 14.0. The summed E-state index contributed by atoms with van der Waals surface area (Å²) in [5.74, 6) is 0.528. The van der Waals surface area contributed by atoms with E-state index >= 15 is 0 Å². The van der Waals surface area contributed by atoms with Crippen molar-refractivity contribution in [1.29, 1.82) is 0 Å². The second kappa shape index (κ2) is 6.34. The fourth-order valence-corrected chi connectivity index (χ4v) is 2.03. The summed E-state index contributed by atoms with van der Waals surface area (Å²) in [6.07, 6.45) is 0. The molecule has 100 valence electrons. The number of rotatable bonds is 4. The first kappa shape index (κ1) is 14.3. The monoisotopic (exact) mass is 371 g/mol. The number of nitrogens with one attached hydrogen (secondary N) is 1. The summed E-state index contributed by atoms with van der Waals surface area (Å²) >= 11 is 2.21. The largest absolute Gasteiger partial charge is 0.454 e. The minimum absolute atomic E-state index is 0.113. The fourth-order valence-electron chi connectivity index (χ4n) is 1.67. The molecule has 0 bridgehead atoms. The highest BCUT2D eigenvalue weighted by molar-refractivity contribution is 14.1. The lowest BCUT2D eigenvalue weighted by Crippen LogP contribution is -2.12. The van der Waals surface area contributed by atoms with E-state index in [1.54, 1.807) is 6.07 Å². The molecular weight excluding hydrogens is 356 g/mol. The Bertz CT molecular complexity index is 557. The third-order valence-electron chi connectivity index (χ3n) is 2.93. The Morgan fingerprint density at radius 3 is 2.42 bits per heavy atom. The molecule has 1 atom stereocenters. The molecule has 1 unspecified atom stereocenters. The molecule has 1 N–H and O–H groups in total. The van der Waals surface area contributed by atoms with Crippen molar-refractivity contribution in [2.45, 2.75) is 13.0 Å². The number of benzene rings is 2. The molecule has 0 aliphatic rings. The lowest BCUT2D eigenvalue weighted by atomic mass is 10.1. The number of hydrogen-bond acceptors (Lipinski definition) is 2. The van der Waals surface area contributed by atoms with Gasteiger partial charge in [0.25, 0.3) is 0 Å². The van der Waals surface area contributed by atoms with Gasteiger partial charge in [0.1, 0.15) is 5.75 Å². The maximum Gasteiger partial charge on any atom is 0.166 e. The van der Waals surface area contributed by atoms with Crippen LogP contribution in [0.25, 0.3) is 0 Å². The van der Waals surface area contributed by atoms with E-state index < -0.39 is 0 Å². The van der Waals surface area contributed by atoms with Gasteiger partial charge in [-0.2, -0.15) is 0 Å². The van der Waals surface area contributed by atoms with Crippen LogP contribution in [0.3, 0.4) is 0 Å². The Kier molecular flexibility index (Phi) is 4.76. The second-order valence-electron chi connectivity index (χ2n) is 4.26. The van der Waals surface area contributed by atoms with Crippen molar-refractivity contribution in [3.63, 3.8) is 0 Å². The van der Waals surface area contributed by atoms with E-state index in [2.05, 4.69) is 27.9 Å². The number of hydrogen-bond donors (Lipinski definition) is 1. The van der Waals surface area contributed by atoms with Gasteiger partial charge >= 0.3 is 0 Å². The van der Waals surface area contributed by atoms with E-state index in [1.165, 1.54) is 6.07 Å². The van der Waals surface area contributed by atoms with Gasteiger partial charge in [0, 0.05) is 9.61 Å². The van der Waals surface area contributed by atoms with Crippen molar-refractivity contribution in [3.8, 4) is 11.5 Å². The number of halogens is 2. The fraction of sp³-hybridized carbons (Fsp3) is 0.200. The molecule has 2 nitrogen and oxygen atoms in total. The molecule has 0 aromatic heterocycles. The average Bonchev–Trinajstić information content (AvgIpc) is 2.42. The van der Waals surface area contributed by atoms with Crippen LogP contribution in [-0.2, 0) is 0 Å².